The highest BCUT2D eigenvalue weighted by atomic mass is 19.3. The average Bonchev–Trinajstić information content (AvgIpc) is 3.70. The van der Waals surface area contributed by atoms with Gasteiger partial charge in [0.2, 0.25) is 17.7 Å². The van der Waals surface area contributed by atoms with Crippen LogP contribution in [0.15, 0.2) is 82.5 Å². The number of ether oxygens (including phenoxy) is 2. The molecule has 0 radical (unpaired) electrons. The molecule has 1 saturated heterocycles. The Labute approximate surface area is 367 Å². The molecule has 16 nitrogen and oxygen atoms in total. The van der Waals surface area contributed by atoms with E-state index in [2.05, 4.69) is 31.0 Å². The fourth-order valence-electron chi connectivity index (χ4n) is 8.00. The number of fused-ring (bicyclic) bond motifs is 1. The lowest BCUT2D eigenvalue weighted by Crippen LogP contribution is -2.44. The Morgan fingerprint density at radius 2 is 1.80 bits per heavy atom. The molecular formula is C46H51F2N9O7. The number of oxazole rings is 1. The molecule has 1 saturated carbocycles. The third-order valence-corrected chi connectivity index (χ3v) is 11.7. The van der Waals surface area contributed by atoms with Gasteiger partial charge < -0.3 is 24.5 Å². The second kappa shape index (κ2) is 20.0. The molecule has 5 heterocycles. The van der Waals surface area contributed by atoms with Gasteiger partial charge in [-0.2, -0.15) is 5.10 Å². The van der Waals surface area contributed by atoms with Crippen molar-refractivity contribution in [3.63, 3.8) is 0 Å². The number of carbonyl (C=O) groups excluding carboxylic acids is 3. The lowest BCUT2D eigenvalue weighted by molar-refractivity contribution is -0.135. The maximum absolute atomic E-state index is 14.1. The van der Waals surface area contributed by atoms with Gasteiger partial charge in [-0.1, -0.05) is 37.1 Å². The lowest BCUT2D eigenvalue weighted by atomic mass is 10.0. The minimum Gasteiger partial charge on any atom is -0.444 e. The van der Waals surface area contributed by atoms with E-state index in [1.807, 2.05) is 43.3 Å². The molecular weight excluding hydrogens is 829 g/mol. The summed E-state index contributed by atoms with van der Waals surface area (Å²) >= 11 is 0. The quantitative estimate of drug-likeness (QED) is 0.0536. The van der Waals surface area contributed by atoms with E-state index in [4.69, 9.17) is 13.9 Å². The van der Waals surface area contributed by atoms with Gasteiger partial charge in [0.25, 0.3) is 12.3 Å². The van der Waals surface area contributed by atoms with E-state index in [-0.39, 0.29) is 47.8 Å². The standard InChI is InChI=1S/C46H51F2N9O7/c1-28(49-20-22-63-24-23-62-21-4-6-31-5-3-7-37-41(31)55(2)46(61)57(37)38-16-17-39(58)53-44(38)60)30-11-14-34(15-12-30)56-26-35(40(54-56)42(47)48)51-43(59)36-27-64-45(52-36)32-18-19-50-33(25-32)13-10-29-8-9-29/h3,5,7,11-12,14-15,18-19,25-29,38,42,49H,4,6,8-10,13,16-17,20-24H2,1-2H3,(H,51,59)(H,53,58,60). The number of hydrogen-bond acceptors (Lipinski definition) is 11. The van der Waals surface area contributed by atoms with Crippen LogP contribution in [0, 0.1) is 5.92 Å². The molecule has 6 aromatic rings. The number of benzene rings is 2. The SMILES string of the molecule is CC(NCCOCCOCCCc1cccc2c1n(C)c(=O)n2C1CCC(=O)NC1=O)c1ccc(-n2cc(NC(=O)c3coc(-c4ccnc(CCC5CC5)c4)n3)c(C(F)F)n2)cc1. The molecule has 18 heteroatoms. The molecule has 3 amide bonds. The van der Waals surface area contributed by atoms with Crippen molar-refractivity contribution in [2.45, 2.75) is 76.8 Å². The Balaban J connectivity index is 0.752. The van der Waals surface area contributed by atoms with Crippen molar-refractivity contribution in [1.82, 2.24) is 39.5 Å². The fraction of sp³-hybridized carbons (Fsp3) is 0.413. The van der Waals surface area contributed by atoms with Gasteiger partial charge >= 0.3 is 5.69 Å². The first-order valence-corrected chi connectivity index (χ1v) is 21.7. The molecule has 0 bridgehead atoms. The first kappa shape index (κ1) is 44.2. The van der Waals surface area contributed by atoms with Crippen molar-refractivity contribution < 1.29 is 37.1 Å². The number of halogens is 2. The van der Waals surface area contributed by atoms with Crippen LogP contribution in [0.1, 0.15) is 97.0 Å². The predicted molar refractivity (Wildman–Crippen MR) is 232 cm³/mol. The molecule has 2 unspecified atom stereocenters. The third-order valence-electron chi connectivity index (χ3n) is 11.7. The zero-order valence-electron chi connectivity index (χ0n) is 35.7. The number of nitrogens with zero attached hydrogens (tertiary/aromatic N) is 6. The third kappa shape index (κ3) is 10.4. The lowest BCUT2D eigenvalue weighted by Gasteiger charge is -2.21. The second-order valence-electron chi connectivity index (χ2n) is 16.2. The molecule has 64 heavy (non-hydrogen) atoms. The van der Waals surface area contributed by atoms with Crippen molar-refractivity contribution in [2.75, 3.05) is 38.3 Å². The highest BCUT2D eigenvalue weighted by Crippen LogP contribution is 2.34. The van der Waals surface area contributed by atoms with Crippen LogP contribution in [0.25, 0.3) is 28.2 Å². The minimum atomic E-state index is -2.94. The number of para-hydroxylation sites is 1. The summed E-state index contributed by atoms with van der Waals surface area (Å²) in [5, 5.41) is 12.4. The first-order chi connectivity index (χ1) is 31.0. The number of alkyl halides is 2. The van der Waals surface area contributed by atoms with Gasteiger partial charge in [-0.3, -0.25) is 33.8 Å². The molecule has 2 fully saturated rings. The number of aromatic nitrogens is 6. The Hall–Kier alpha value is -6.37. The summed E-state index contributed by atoms with van der Waals surface area (Å²) in [5.74, 6) is -0.481. The van der Waals surface area contributed by atoms with E-state index in [9.17, 15) is 28.0 Å². The molecule has 2 atom stereocenters. The van der Waals surface area contributed by atoms with Gasteiger partial charge in [0.15, 0.2) is 11.4 Å². The Morgan fingerprint density at radius 3 is 2.56 bits per heavy atom. The van der Waals surface area contributed by atoms with Crippen molar-refractivity contribution in [3.8, 4) is 17.1 Å². The van der Waals surface area contributed by atoms with Crippen LogP contribution in [0.3, 0.4) is 0 Å². The molecule has 4 aromatic heterocycles. The molecule has 1 aliphatic carbocycles. The number of amides is 3. The van der Waals surface area contributed by atoms with Crippen LogP contribution in [0.2, 0.25) is 0 Å². The van der Waals surface area contributed by atoms with Crippen molar-refractivity contribution in [3.05, 3.63) is 112 Å². The van der Waals surface area contributed by atoms with E-state index < -0.39 is 30.0 Å². The summed E-state index contributed by atoms with van der Waals surface area (Å²) in [7, 11) is 1.69. The summed E-state index contributed by atoms with van der Waals surface area (Å²) in [6, 6.07) is 15.8. The number of nitrogens with one attached hydrogen (secondary N) is 3. The van der Waals surface area contributed by atoms with Crippen LogP contribution in [-0.4, -0.2) is 79.6 Å². The number of imide groups is 1. The number of aryl methyl sites for hydroxylation is 3. The summed E-state index contributed by atoms with van der Waals surface area (Å²) in [4.78, 5) is 59.3. The molecule has 1 aliphatic heterocycles. The number of hydrogen-bond donors (Lipinski definition) is 3. The Morgan fingerprint density at radius 1 is 1.00 bits per heavy atom. The van der Waals surface area contributed by atoms with Crippen molar-refractivity contribution >= 4 is 34.4 Å². The smallest absolute Gasteiger partial charge is 0.329 e. The number of anilines is 1. The molecule has 0 spiro atoms. The van der Waals surface area contributed by atoms with Gasteiger partial charge in [-0.25, -0.2) is 23.2 Å². The summed E-state index contributed by atoms with van der Waals surface area (Å²) in [6.07, 6.45) is 7.62. The summed E-state index contributed by atoms with van der Waals surface area (Å²) in [6.45, 7) is 4.40. The minimum absolute atomic E-state index is 0.0308. The molecule has 2 aromatic carbocycles. The number of carbonyl (C=O) groups is 3. The monoisotopic (exact) mass is 879 g/mol. The Kier molecular flexibility index (Phi) is 13.8. The van der Waals surface area contributed by atoms with Crippen LogP contribution in [0.5, 0.6) is 0 Å². The number of imidazole rings is 1. The van der Waals surface area contributed by atoms with Gasteiger partial charge in [-0.15, -0.1) is 0 Å². The molecule has 336 valence electrons. The predicted octanol–water partition coefficient (Wildman–Crippen LogP) is 6.40. The van der Waals surface area contributed by atoms with E-state index in [1.54, 1.807) is 36.0 Å². The molecule has 8 rings (SSSR count). The maximum atomic E-state index is 14.1. The maximum Gasteiger partial charge on any atom is 0.329 e. The number of pyridine rings is 1. The highest BCUT2D eigenvalue weighted by Gasteiger charge is 2.32. The molecule has 3 N–H and O–H groups in total. The van der Waals surface area contributed by atoms with Gasteiger partial charge in [0.05, 0.1) is 48.4 Å². The van der Waals surface area contributed by atoms with Gasteiger partial charge in [-0.05, 0) is 86.4 Å². The zero-order valence-corrected chi connectivity index (χ0v) is 35.7. The van der Waals surface area contributed by atoms with E-state index >= 15 is 0 Å². The number of piperidine rings is 1. The van der Waals surface area contributed by atoms with Crippen LogP contribution in [-0.2, 0) is 39.0 Å². The summed E-state index contributed by atoms with van der Waals surface area (Å²) < 4.78 is 49.7. The fourth-order valence-corrected chi connectivity index (χ4v) is 8.00. The summed E-state index contributed by atoms with van der Waals surface area (Å²) in [5.41, 5.74) is 4.46. The van der Waals surface area contributed by atoms with E-state index in [0.717, 1.165) is 47.5 Å². The van der Waals surface area contributed by atoms with Crippen LogP contribution < -0.4 is 21.6 Å². The number of rotatable bonds is 21. The van der Waals surface area contributed by atoms with E-state index in [0.29, 0.717) is 56.2 Å². The average molecular weight is 880 g/mol. The largest absolute Gasteiger partial charge is 0.444 e. The normalized spacial score (nSPS) is 15.9. The van der Waals surface area contributed by atoms with Crippen LogP contribution in [0.4, 0.5) is 14.5 Å². The zero-order chi connectivity index (χ0) is 44.7. The molecule has 2 aliphatic rings. The van der Waals surface area contributed by atoms with Crippen LogP contribution >= 0.6 is 0 Å². The highest BCUT2D eigenvalue weighted by molar-refractivity contribution is 6.03. The van der Waals surface area contributed by atoms with E-state index in [1.165, 1.54) is 34.6 Å². The van der Waals surface area contributed by atoms with Crippen molar-refractivity contribution in [1.29, 1.82) is 0 Å². The first-order valence-electron chi connectivity index (χ1n) is 21.7. The van der Waals surface area contributed by atoms with Gasteiger partial charge in [0.1, 0.15) is 12.3 Å². The van der Waals surface area contributed by atoms with Gasteiger partial charge in [0, 0.05) is 50.1 Å². The topological polar surface area (TPSA) is 189 Å². The van der Waals surface area contributed by atoms with Crippen molar-refractivity contribution in [2.24, 2.45) is 13.0 Å². The Bertz CT molecular complexity index is 2670. The second-order valence-corrected chi connectivity index (χ2v) is 16.2.